The predicted molar refractivity (Wildman–Crippen MR) is 78.9 cm³/mol. The van der Waals surface area contributed by atoms with Crippen molar-refractivity contribution in [3.05, 3.63) is 35.8 Å². The van der Waals surface area contributed by atoms with Crippen LogP contribution in [0.2, 0.25) is 0 Å². The molecule has 1 aliphatic rings. The Morgan fingerprint density at radius 2 is 2.43 bits per heavy atom. The first-order valence-electron chi connectivity index (χ1n) is 7.23. The van der Waals surface area contributed by atoms with Crippen molar-refractivity contribution >= 4 is 5.91 Å². The zero-order valence-electron chi connectivity index (χ0n) is 12.7. The minimum atomic E-state index is -0.320. The lowest BCUT2D eigenvalue weighted by Gasteiger charge is -2.24. The highest BCUT2D eigenvalue weighted by Crippen LogP contribution is 2.25. The number of hydrogen-bond donors (Lipinski definition) is 1. The van der Waals surface area contributed by atoms with Gasteiger partial charge in [0, 0.05) is 19.2 Å². The van der Waals surface area contributed by atoms with E-state index in [0.29, 0.717) is 31.0 Å². The summed E-state index contributed by atoms with van der Waals surface area (Å²) in [6.07, 6.45) is -0.189. The summed E-state index contributed by atoms with van der Waals surface area (Å²) in [4.78, 5) is 11.4. The predicted octanol–water partition coefficient (Wildman–Crippen LogP) is 0.746. The Balaban J connectivity index is 1.68. The van der Waals surface area contributed by atoms with Gasteiger partial charge in [0.1, 0.15) is 18.1 Å². The molecule has 0 spiro atoms. The summed E-state index contributed by atoms with van der Waals surface area (Å²) in [5.74, 6) is -0.513. The van der Waals surface area contributed by atoms with Gasteiger partial charge >= 0.3 is 0 Å². The van der Waals surface area contributed by atoms with Crippen LogP contribution >= 0.6 is 0 Å². The number of amides is 1. The zero-order chi connectivity index (χ0) is 16.2. The minimum absolute atomic E-state index is 0.0189. The number of methoxy groups -OCH3 is 1. The summed E-state index contributed by atoms with van der Waals surface area (Å²) in [7, 11) is 1.46. The number of carbonyl (C=O) groups is 1. The highest BCUT2D eigenvalue weighted by Gasteiger charge is 2.24. The number of rotatable bonds is 5. The van der Waals surface area contributed by atoms with Crippen molar-refractivity contribution in [1.82, 2.24) is 20.3 Å². The fraction of sp³-hybridized carbons (Fsp3) is 0.400. The Morgan fingerprint density at radius 1 is 1.57 bits per heavy atom. The molecule has 0 fully saturated rings. The van der Waals surface area contributed by atoms with Gasteiger partial charge in [0.05, 0.1) is 24.9 Å². The molecule has 1 unspecified atom stereocenters. The third-order valence-electron chi connectivity index (χ3n) is 3.57. The van der Waals surface area contributed by atoms with Gasteiger partial charge in [-0.1, -0.05) is 17.3 Å². The van der Waals surface area contributed by atoms with Crippen LogP contribution in [0.1, 0.15) is 5.69 Å². The van der Waals surface area contributed by atoms with E-state index in [1.54, 1.807) is 16.8 Å². The quantitative estimate of drug-likeness (QED) is 0.879. The van der Waals surface area contributed by atoms with Crippen LogP contribution < -0.4 is 5.32 Å². The van der Waals surface area contributed by atoms with Gasteiger partial charge in [0.25, 0.3) is 0 Å². The zero-order valence-corrected chi connectivity index (χ0v) is 12.7. The van der Waals surface area contributed by atoms with Crippen LogP contribution in [0.3, 0.4) is 0 Å². The first kappa shape index (κ1) is 15.6. The summed E-state index contributed by atoms with van der Waals surface area (Å²) in [6.45, 7) is 1.18. The fourth-order valence-corrected chi connectivity index (χ4v) is 2.46. The number of hydrogen-bond acceptors (Lipinski definition) is 5. The third kappa shape index (κ3) is 3.54. The van der Waals surface area contributed by atoms with E-state index in [0.717, 1.165) is 5.69 Å². The number of benzene rings is 1. The number of halogens is 1. The average Bonchev–Trinajstić information content (AvgIpc) is 2.96. The molecule has 1 amide bonds. The summed E-state index contributed by atoms with van der Waals surface area (Å²) in [5, 5.41) is 11.0. The molecule has 1 aliphatic heterocycles. The average molecular weight is 320 g/mol. The molecule has 122 valence electrons. The second kappa shape index (κ2) is 6.84. The van der Waals surface area contributed by atoms with Crippen LogP contribution in [0, 0.1) is 5.82 Å². The molecule has 1 aromatic carbocycles. The van der Waals surface area contributed by atoms with Crippen molar-refractivity contribution in [1.29, 1.82) is 0 Å². The minimum Gasteiger partial charge on any atom is -0.375 e. The first-order chi connectivity index (χ1) is 11.2. The van der Waals surface area contributed by atoms with E-state index >= 15 is 0 Å². The highest BCUT2D eigenvalue weighted by molar-refractivity contribution is 5.77. The van der Waals surface area contributed by atoms with Crippen LogP contribution in [0.25, 0.3) is 11.3 Å². The van der Waals surface area contributed by atoms with Gasteiger partial charge in [0.2, 0.25) is 5.91 Å². The lowest BCUT2D eigenvalue weighted by molar-refractivity contribution is -0.125. The second-order valence-corrected chi connectivity index (χ2v) is 5.25. The molecule has 1 aromatic heterocycles. The Bertz CT molecular complexity index is 704. The molecule has 2 heterocycles. The maximum atomic E-state index is 13.4. The molecule has 7 nitrogen and oxygen atoms in total. The topological polar surface area (TPSA) is 78.3 Å². The molecule has 0 aliphatic carbocycles. The monoisotopic (exact) mass is 320 g/mol. The molecule has 0 saturated heterocycles. The lowest BCUT2D eigenvalue weighted by atomic mass is 10.1. The number of fused-ring (bicyclic) bond motifs is 1. The number of aromatic nitrogens is 3. The van der Waals surface area contributed by atoms with Crippen molar-refractivity contribution in [3.63, 3.8) is 0 Å². The van der Waals surface area contributed by atoms with Gasteiger partial charge in [-0.05, 0) is 12.1 Å². The van der Waals surface area contributed by atoms with Crippen LogP contribution in [0.5, 0.6) is 0 Å². The van der Waals surface area contributed by atoms with E-state index in [1.807, 2.05) is 0 Å². The number of ether oxygens (including phenoxy) is 2. The smallest absolute Gasteiger partial charge is 0.246 e. The molecule has 0 radical (unpaired) electrons. The van der Waals surface area contributed by atoms with E-state index in [9.17, 15) is 9.18 Å². The Labute approximate surface area is 132 Å². The standard InChI is InChI=1S/C15H17FN4O3/c1-22-9-14(21)17-6-12-7-20-13(8-23-12)15(18-19-20)10-3-2-4-11(16)5-10/h2-5,12H,6-9H2,1H3,(H,17,21). The summed E-state index contributed by atoms with van der Waals surface area (Å²) in [6, 6.07) is 6.22. The van der Waals surface area contributed by atoms with Crippen molar-refractivity contribution < 1.29 is 18.7 Å². The molecular weight excluding hydrogens is 303 g/mol. The Kier molecular flexibility index (Phi) is 4.63. The van der Waals surface area contributed by atoms with E-state index in [4.69, 9.17) is 9.47 Å². The molecule has 0 bridgehead atoms. The van der Waals surface area contributed by atoms with Crippen molar-refractivity contribution in [3.8, 4) is 11.3 Å². The van der Waals surface area contributed by atoms with Gasteiger partial charge in [-0.15, -0.1) is 5.10 Å². The highest BCUT2D eigenvalue weighted by atomic mass is 19.1. The largest absolute Gasteiger partial charge is 0.375 e. The summed E-state index contributed by atoms with van der Waals surface area (Å²) >= 11 is 0. The molecule has 1 N–H and O–H groups in total. The van der Waals surface area contributed by atoms with E-state index < -0.39 is 0 Å². The van der Waals surface area contributed by atoms with Crippen LogP contribution in [0.15, 0.2) is 24.3 Å². The SMILES string of the molecule is COCC(=O)NCC1Cn2nnc(-c3cccc(F)c3)c2CO1. The first-order valence-corrected chi connectivity index (χ1v) is 7.23. The van der Waals surface area contributed by atoms with Gasteiger partial charge < -0.3 is 14.8 Å². The van der Waals surface area contributed by atoms with Gasteiger partial charge in [-0.2, -0.15) is 0 Å². The molecule has 8 heteroatoms. The van der Waals surface area contributed by atoms with E-state index in [2.05, 4.69) is 15.6 Å². The normalized spacial score (nSPS) is 16.9. The van der Waals surface area contributed by atoms with E-state index in [1.165, 1.54) is 19.2 Å². The van der Waals surface area contributed by atoms with Crippen molar-refractivity contribution in [2.24, 2.45) is 0 Å². The summed E-state index contributed by atoms with van der Waals surface area (Å²) in [5.41, 5.74) is 2.09. The molecule has 1 atom stereocenters. The van der Waals surface area contributed by atoms with Crippen LogP contribution in [-0.2, 0) is 27.4 Å². The van der Waals surface area contributed by atoms with Crippen molar-refractivity contribution in [2.75, 3.05) is 20.3 Å². The lowest BCUT2D eigenvalue weighted by Crippen LogP contribution is -2.40. The van der Waals surface area contributed by atoms with Gasteiger partial charge in [-0.25, -0.2) is 9.07 Å². The third-order valence-corrected chi connectivity index (χ3v) is 3.57. The fourth-order valence-electron chi connectivity index (χ4n) is 2.46. The molecular formula is C15H17FN4O3. The second-order valence-electron chi connectivity index (χ2n) is 5.25. The van der Waals surface area contributed by atoms with Gasteiger partial charge in [0.15, 0.2) is 0 Å². The molecule has 0 saturated carbocycles. The molecule has 2 aromatic rings. The maximum absolute atomic E-state index is 13.4. The van der Waals surface area contributed by atoms with E-state index in [-0.39, 0.29) is 24.4 Å². The van der Waals surface area contributed by atoms with Crippen molar-refractivity contribution in [2.45, 2.75) is 19.3 Å². The molecule has 23 heavy (non-hydrogen) atoms. The maximum Gasteiger partial charge on any atom is 0.246 e. The Hall–Kier alpha value is -2.32. The Morgan fingerprint density at radius 3 is 3.22 bits per heavy atom. The molecule has 3 rings (SSSR count). The number of carbonyl (C=O) groups excluding carboxylic acids is 1. The summed E-state index contributed by atoms with van der Waals surface area (Å²) < 4.78 is 25.6. The van der Waals surface area contributed by atoms with Crippen LogP contribution in [-0.4, -0.2) is 47.3 Å². The van der Waals surface area contributed by atoms with Crippen LogP contribution in [0.4, 0.5) is 4.39 Å². The van der Waals surface area contributed by atoms with Gasteiger partial charge in [-0.3, -0.25) is 4.79 Å². The number of nitrogens with one attached hydrogen (secondary N) is 1. The number of nitrogens with zero attached hydrogens (tertiary/aromatic N) is 3.